The van der Waals surface area contributed by atoms with Crippen LogP contribution in [0.15, 0.2) is 48.5 Å². The third-order valence-corrected chi connectivity index (χ3v) is 5.48. The van der Waals surface area contributed by atoms with E-state index >= 15 is 0 Å². The van der Waals surface area contributed by atoms with Gasteiger partial charge in [-0.25, -0.2) is 4.98 Å². The van der Waals surface area contributed by atoms with Crippen LogP contribution in [0, 0.1) is 0 Å². The summed E-state index contributed by atoms with van der Waals surface area (Å²) in [7, 11) is 1.74. The van der Waals surface area contributed by atoms with Gasteiger partial charge in [0.15, 0.2) is 0 Å². The fourth-order valence-electron chi connectivity index (χ4n) is 3.96. The Kier molecular flexibility index (Phi) is 5.67. The SMILES string of the molecule is CCn1c(NCCN2CCN(c3ccccc3OC)CC2)nc2ccccc21. The van der Waals surface area contributed by atoms with E-state index in [0.29, 0.717) is 0 Å². The van der Waals surface area contributed by atoms with Crippen LogP contribution in [0.3, 0.4) is 0 Å². The normalized spacial score (nSPS) is 15.1. The van der Waals surface area contributed by atoms with Crippen LogP contribution >= 0.6 is 0 Å². The molecule has 1 N–H and O–H groups in total. The second-order valence-corrected chi connectivity index (χ2v) is 7.10. The quantitative estimate of drug-likeness (QED) is 0.682. The summed E-state index contributed by atoms with van der Waals surface area (Å²) in [6, 6.07) is 16.6. The Morgan fingerprint density at radius 2 is 1.75 bits per heavy atom. The number of aromatic nitrogens is 2. The first kappa shape index (κ1) is 18.6. The molecule has 0 spiro atoms. The van der Waals surface area contributed by atoms with E-state index in [9.17, 15) is 0 Å². The molecule has 3 aromatic rings. The average molecular weight is 380 g/mol. The van der Waals surface area contributed by atoms with Crippen LogP contribution in [0.25, 0.3) is 11.0 Å². The number of nitrogens with one attached hydrogen (secondary N) is 1. The Hall–Kier alpha value is -2.73. The first-order valence-electron chi connectivity index (χ1n) is 10.1. The number of aryl methyl sites for hydroxylation is 1. The second-order valence-electron chi connectivity index (χ2n) is 7.10. The number of imidazole rings is 1. The highest BCUT2D eigenvalue weighted by atomic mass is 16.5. The van der Waals surface area contributed by atoms with Crippen molar-refractivity contribution in [2.45, 2.75) is 13.5 Å². The Labute approximate surface area is 166 Å². The van der Waals surface area contributed by atoms with E-state index in [-0.39, 0.29) is 0 Å². The highest BCUT2D eigenvalue weighted by Crippen LogP contribution is 2.28. The van der Waals surface area contributed by atoms with Crippen LogP contribution in [0.1, 0.15) is 6.92 Å². The number of ether oxygens (including phenoxy) is 1. The third kappa shape index (κ3) is 3.78. The lowest BCUT2D eigenvalue weighted by Crippen LogP contribution is -2.47. The lowest BCUT2D eigenvalue weighted by molar-refractivity contribution is 0.266. The molecule has 148 valence electrons. The molecule has 1 fully saturated rings. The third-order valence-electron chi connectivity index (χ3n) is 5.48. The predicted molar refractivity (Wildman–Crippen MR) is 116 cm³/mol. The number of hydrogen-bond donors (Lipinski definition) is 1. The standard InChI is InChI=1S/C22H29N5O/c1-3-27-19-9-5-4-8-18(19)24-22(27)23-12-13-25-14-16-26(17-15-25)20-10-6-7-11-21(20)28-2/h4-11H,3,12-17H2,1-2H3,(H,23,24). The van der Waals surface area contributed by atoms with Crippen molar-refractivity contribution in [2.75, 3.05) is 56.6 Å². The van der Waals surface area contributed by atoms with Crippen LogP contribution in [0.2, 0.25) is 0 Å². The number of para-hydroxylation sites is 4. The summed E-state index contributed by atoms with van der Waals surface area (Å²) in [5.41, 5.74) is 3.44. The molecule has 2 heterocycles. The summed E-state index contributed by atoms with van der Waals surface area (Å²) < 4.78 is 7.76. The lowest BCUT2D eigenvalue weighted by Gasteiger charge is -2.36. The molecule has 4 rings (SSSR count). The molecule has 0 atom stereocenters. The molecule has 1 saturated heterocycles. The van der Waals surface area contributed by atoms with E-state index < -0.39 is 0 Å². The summed E-state index contributed by atoms with van der Waals surface area (Å²) in [6.45, 7) is 9.16. The van der Waals surface area contributed by atoms with E-state index in [4.69, 9.17) is 9.72 Å². The first-order chi connectivity index (χ1) is 13.8. The van der Waals surface area contributed by atoms with Gasteiger partial charge in [-0.2, -0.15) is 0 Å². The van der Waals surface area contributed by atoms with Crippen LogP contribution in [0.4, 0.5) is 11.6 Å². The zero-order chi connectivity index (χ0) is 19.3. The summed E-state index contributed by atoms with van der Waals surface area (Å²) >= 11 is 0. The second kappa shape index (κ2) is 8.52. The lowest BCUT2D eigenvalue weighted by atomic mass is 10.2. The highest BCUT2D eigenvalue weighted by molar-refractivity contribution is 5.78. The van der Waals surface area contributed by atoms with Gasteiger partial charge in [-0.3, -0.25) is 4.90 Å². The number of hydrogen-bond acceptors (Lipinski definition) is 5. The van der Waals surface area contributed by atoms with Gasteiger partial charge in [0.25, 0.3) is 0 Å². The van der Waals surface area contributed by atoms with Crippen molar-refractivity contribution in [1.82, 2.24) is 14.5 Å². The molecule has 0 amide bonds. The van der Waals surface area contributed by atoms with Crippen molar-refractivity contribution >= 4 is 22.7 Å². The predicted octanol–water partition coefficient (Wildman–Crippen LogP) is 3.30. The maximum absolute atomic E-state index is 5.51. The number of anilines is 2. The summed E-state index contributed by atoms with van der Waals surface area (Å²) in [6.07, 6.45) is 0. The Morgan fingerprint density at radius 3 is 2.54 bits per heavy atom. The Morgan fingerprint density at radius 1 is 1.00 bits per heavy atom. The zero-order valence-electron chi connectivity index (χ0n) is 16.8. The summed E-state index contributed by atoms with van der Waals surface area (Å²) in [5, 5.41) is 3.54. The largest absolute Gasteiger partial charge is 0.495 e. The number of rotatable bonds is 7. The van der Waals surface area contributed by atoms with Gasteiger partial charge in [-0.1, -0.05) is 24.3 Å². The minimum atomic E-state index is 0.901. The molecule has 0 bridgehead atoms. The van der Waals surface area contributed by atoms with Crippen molar-refractivity contribution in [2.24, 2.45) is 0 Å². The molecule has 6 nitrogen and oxygen atoms in total. The average Bonchev–Trinajstić information content (AvgIpc) is 3.11. The van der Waals surface area contributed by atoms with Gasteiger partial charge < -0.3 is 19.5 Å². The topological polar surface area (TPSA) is 45.6 Å². The number of nitrogens with zero attached hydrogens (tertiary/aromatic N) is 4. The highest BCUT2D eigenvalue weighted by Gasteiger charge is 2.19. The molecule has 0 aliphatic carbocycles. The number of methoxy groups -OCH3 is 1. The minimum absolute atomic E-state index is 0.901. The molecule has 0 radical (unpaired) electrons. The Bertz CT molecular complexity index is 914. The zero-order valence-corrected chi connectivity index (χ0v) is 16.8. The number of piperazine rings is 1. The fraction of sp³-hybridized carbons (Fsp3) is 0.409. The maximum Gasteiger partial charge on any atom is 0.203 e. The smallest absolute Gasteiger partial charge is 0.203 e. The van der Waals surface area contributed by atoms with Gasteiger partial charge in [0.05, 0.1) is 23.8 Å². The molecular weight excluding hydrogens is 350 g/mol. The van der Waals surface area contributed by atoms with E-state index in [0.717, 1.165) is 63.0 Å². The molecular formula is C22H29N5O. The monoisotopic (exact) mass is 379 g/mol. The van der Waals surface area contributed by atoms with Crippen LogP contribution < -0.4 is 15.0 Å². The molecule has 1 aromatic heterocycles. The summed E-state index contributed by atoms with van der Waals surface area (Å²) in [5.74, 6) is 1.92. The van der Waals surface area contributed by atoms with Gasteiger partial charge in [-0.15, -0.1) is 0 Å². The molecule has 0 unspecified atom stereocenters. The van der Waals surface area contributed by atoms with Gasteiger partial charge in [0, 0.05) is 45.8 Å². The molecule has 0 saturated carbocycles. The van der Waals surface area contributed by atoms with E-state index in [1.54, 1.807) is 7.11 Å². The van der Waals surface area contributed by atoms with Crippen molar-refractivity contribution < 1.29 is 4.74 Å². The van der Waals surface area contributed by atoms with Gasteiger partial charge in [0.2, 0.25) is 5.95 Å². The van der Waals surface area contributed by atoms with Crippen molar-refractivity contribution in [3.8, 4) is 5.75 Å². The van der Waals surface area contributed by atoms with Crippen molar-refractivity contribution in [3.05, 3.63) is 48.5 Å². The van der Waals surface area contributed by atoms with Crippen LogP contribution in [0.5, 0.6) is 5.75 Å². The van der Waals surface area contributed by atoms with Crippen molar-refractivity contribution in [1.29, 1.82) is 0 Å². The maximum atomic E-state index is 5.51. The van der Waals surface area contributed by atoms with E-state index in [1.165, 1.54) is 11.2 Å². The Balaban J connectivity index is 1.30. The first-order valence-corrected chi connectivity index (χ1v) is 10.1. The van der Waals surface area contributed by atoms with Crippen molar-refractivity contribution in [3.63, 3.8) is 0 Å². The van der Waals surface area contributed by atoms with Gasteiger partial charge >= 0.3 is 0 Å². The molecule has 1 aliphatic rings. The molecule has 2 aromatic carbocycles. The summed E-state index contributed by atoms with van der Waals surface area (Å²) in [4.78, 5) is 9.68. The van der Waals surface area contributed by atoms with E-state index in [1.807, 2.05) is 18.2 Å². The van der Waals surface area contributed by atoms with Gasteiger partial charge in [0.1, 0.15) is 5.75 Å². The van der Waals surface area contributed by atoms with Gasteiger partial charge in [-0.05, 0) is 31.2 Å². The number of benzene rings is 2. The van der Waals surface area contributed by atoms with Crippen LogP contribution in [-0.2, 0) is 6.54 Å². The number of fused-ring (bicyclic) bond motifs is 1. The molecule has 6 heteroatoms. The minimum Gasteiger partial charge on any atom is -0.495 e. The fourth-order valence-corrected chi connectivity index (χ4v) is 3.96. The molecule has 28 heavy (non-hydrogen) atoms. The van der Waals surface area contributed by atoms with E-state index in [2.05, 4.69) is 56.9 Å². The van der Waals surface area contributed by atoms with Crippen LogP contribution in [-0.4, -0.2) is 60.8 Å². The molecule has 1 aliphatic heterocycles.